The summed E-state index contributed by atoms with van der Waals surface area (Å²) in [4.78, 5) is 8.49. The van der Waals surface area contributed by atoms with Crippen molar-refractivity contribution in [1.82, 2.24) is 9.97 Å². The van der Waals surface area contributed by atoms with E-state index in [-0.39, 0.29) is 6.61 Å². The van der Waals surface area contributed by atoms with Crippen molar-refractivity contribution in [3.05, 3.63) is 18.2 Å². The van der Waals surface area contributed by atoms with Gasteiger partial charge in [0.2, 0.25) is 0 Å². The molecule has 4 nitrogen and oxygen atoms in total. The molecule has 18 heavy (non-hydrogen) atoms. The SMILES string of the molecule is CCC(C)CCOc1cnc(C(C)(C)CO)nc1. The van der Waals surface area contributed by atoms with Gasteiger partial charge in [-0.25, -0.2) is 9.97 Å². The zero-order valence-corrected chi connectivity index (χ0v) is 11.8. The minimum Gasteiger partial charge on any atom is -0.490 e. The molecule has 4 heteroatoms. The molecule has 1 unspecified atom stereocenters. The van der Waals surface area contributed by atoms with Crippen molar-refractivity contribution in [3.63, 3.8) is 0 Å². The molecule has 1 aromatic heterocycles. The van der Waals surface area contributed by atoms with Crippen molar-refractivity contribution in [2.45, 2.75) is 46.0 Å². The molecule has 0 radical (unpaired) electrons. The fourth-order valence-electron chi connectivity index (χ4n) is 1.39. The van der Waals surface area contributed by atoms with Crippen molar-refractivity contribution in [3.8, 4) is 5.75 Å². The van der Waals surface area contributed by atoms with Gasteiger partial charge in [-0.1, -0.05) is 34.1 Å². The first-order valence-corrected chi connectivity index (χ1v) is 6.55. The van der Waals surface area contributed by atoms with Crippen molar-refractivity contribution >= 4 is 0 Å². The molecule has 0 aliphatic carbocycles. The lowest BCUT2D eigenvalue weighted by Crippen LogP contribution is -2.25. The molecule has 0 bridgehead atoms. The largest absolute Gasteiger partial charge is 0.490 e. The van der Waals surface area contributed by atoms with Crippen LogP contribution in [0.2, 0.25) is 0 Å². The van der Waals surface area contributed by atoms with Gasteiger partial charge in [0.25, 0.3) is 0 Å². The maximum absolute atomic E-state index is 9.24. The number of hydrogen-bond donors (Lipinski definition) is 1. The van der Waals surface area contributed by atoms with Crippen LogP contribution in [0.3, 0.4) is 0 Å². The van der Waals surface area contributed by atoms with Crippen LogP contribution < -0.4 is 4.74 Å². The first kappa shape index (κ1) is 14.9. The second-order valence-corrected chi connectivity index (χ2v) is 5.43. The molecule has 1 atom stereocenters. The third kappa shape index (κ3) is 4.26. The van der Waals surface area contributed by atoms with Crippen LogP contribution in [-0.2, 0) is 5.41 Å². The Morgan fingerprint density at radius 1 is 1.33 bits per heavy atom. The third-order valence-corrected chi connectivity index (χ3v) is 3.21. The third-order valence-electron chi connectivity index (χ3n) is 3.21. The summed E-state index contributed by atoms with van der Waals surface area (Å²) in [5.41, 5.74) is -0.407. The normalized spacial score (nSPS) is 13.4. The van der Waals surface area contributed by atoms with Crippen molar-refractivity contribution < 1.29 is 9.84 Å². The highest BCUT2D eigenvalue weighted by Crippen LogP contribution is 2.19. The van der Waals surface area contributed by atoms with Crippen LogP contribution in [0, 0.1) is 5.92 Å². The van der Waals surface area contributed by atoms with E-state index in [4.69, 9.17) is 4.74 Å². The highest BCUT2D eigenvalue weighted by molar-refractivity contribution is 5.15. The van der Waals surface area contributed by atoms with E-state index in [1.165, 1.54) is 6.42 Å². The second kappa shape index (κ2) is 6.69. The number of aromatic nitrogens is 2. The zero-order valence-electron chi connectivity index (χ0n) is 11.8. The fourth-order valence-corrected chi connectivity index (χ4v) is 1.39. The standard InChI is InChI=1S/C14H24N2O2/c1-5-11(2)6-7-18-12-8-15-13(16-9-12)14(3,4)10-17/h8-9,11,17H,5-7,10H2,1-4H3. The molecule has 0 amide bonds. The van der Waals surface area contributed by atoms with Gasteiger partial charge in [-0.3, -0.25) is 0 Å². The van der Waals surface area contributed by atoms with Crippen LogP contribution in [0.1, 0.15) is 46.4 Å². The fraction of sp³-hybridized carbons (Fsp3) is 0.714. The molecule has 102 valence electrons. The molecular weight excluding hydrogens is 228 g/mol. The Morgan fingerprint density at radius 2 is 1.94 bits per heavy atom. The molecule has 1 rings (SSSR count). The van der Waals surface area contributed by atoms with E-state index in [1.807, 2.05) is 13.8 Å². The summed E-state index contributed by atoms with van der Waals surface area (Å²) in [5.74, 6) is 2.01. The molecule has 1 aromatic rings. The van der Waals surface area contributed by atoms with Crippen LogP contribution in [0.4, 0.5) is 0 Å². The predicted octanol–water partition coefficient (Wildman–Crippen LogP) is 2.56. The summed E-state index contributed by atoms with van der Waals surface area (Å²) in [7, 11) is 0. The average molecular weight is 252 g/mol. The minimum atomic E-state index is -0.407. The van der Waals surface area contributed by atoms with Gasteiger partial charge in [0, 0.05) is 5.41 Å². The quantitative estimate of drug-likeness (QED) is 0.810. The van der Waals surface area contributed by atoms with Crippen molar-refractivity contribution in [2.75, 3.05) is 13.2 Å². The van der Waals surface area contributed by atoms with Crippen molar-refractivity contribution in [2.24, 2.45) is 5.92 Å². The van der Waals surface area contributed by atoms with Crippen LogP contribution in [0.5, 0.6) is 5.75 Å². The summed E-state index contributed by atoms with van der Waals surface area (Å²) in [6.45, 7) is 8.94. The first-order chi connectivity index (χ1) is 8.49. The van der Waals surface area contributed by atoms with E-state index in [1.54, 1.807) is 12.4 Å². The van der Waals surface area contributed by atoms with Crippen LogP contribution in [0.25, 0.3) is 0 Å². The second-order valence-electron chi connectivity index (χ2n) is 5.43. The molecule has 0 aliphatic heterocycles. The zero-order chi connectivity index (χ0) is 13.6. The Labute approximate surface area is 109 Å². The van der Waals surface area contributed by atoms with E-state index in [2.05, 4.69) is 23.8 Å². The molecule has 0 aromatic carbocycles. The van der Waals surface area contributed by atoms with Gasteiger partial charge in [-0.2, -0.15) is 0 Å². The van der Waals surface area contributed by atoms with Gasteiger partial charge in [-0.15, -0.1) is 0 Å². The summed E-state index contributed by atoms with van der Waals surface area (Å²) >= 11 is 0. The lowest BCUT2D eigenvalue weighted by molar-refractivity contribution is 0.211. The number of nitrogens with zero attached hydrogens (tertiary/aromatic N) is 2. The summed E-state index contributed by atoms with van der Waals surface area (Å²) in [6.07, 6.45) is 5.57. The number of ether oxygens (including phenoxy) is 1. The van der Waals surface area contributed by atoms with Gasteiger partial charge >= 0.3 is 0 Å². The Kier molecular flexibility index (Phi) is 5.54. The Hall–Kier alpha value is -1.16. The van der Waals surface area contributed by atoms with Gasteiger partial charge in [0.05, 0.1) is 25.6 Å². The Balaban J connectivity index is 2.51. The lowest BCUT2D eigenvalue weighted by Gasteiger charge is -2.19. The molecule has 1 heterocycles. The first-order valence-electron chi connectivity index (χ1n) is 6.55. The Morgan fingerprint density at radius 3 is 2.44 bits per heavy atom. The Bertz CT molecular complexity index is 349. The van der Waals surface area contributed by atoms with Crippen LogP contribution >= 0.6 is 0 Å². The van der Waals surface area contributed by atoms with Gasteiger partial charge in [0.1, 0.15) is 5.82 Å². The predicted molar refractivity (Wildman–Crippen MR) is 71.7 cm³/mol. The lowest BCUT2D eigenvalue weighted by atomic mass is 9.94. The number of aliphatic hydroxyl groups is 1. The van der Waals surface area contributed by atoms with E-state index >= 15 is 0 Å². The smallest absolute Gasteiger partial charge is 0.155 e. The number of rotatable bonds is 7. The van der Waals surface area contributed by atoms with Gasteiger partial charge in [0.15, 0.2) is 5.75 Å². The summed E-state index contributed by atoms with van der Waals surface area (Å²) in [6, 6.07) is 0. The average Bonchev–Trinajstić information content (AvgIpc) is 2.39. The molecule has 1 N–H and O–H groups in total. The maximum Gasteiger partial charge on any atom is 0.155 e. The molecule has 0 saturated heterocycles. The van der Waals surface area contributed by atoms with Gasteiger partial charge < -0.3 is 9.84 Å². The molecule has 0 spiro atoms. The summed E-state index contributed by atoms with van der Waals surface area (Å²) in [5, 5.41) is 9.24. The van der Waals surface area contributed by atoms with Gasteiger partial charge in [-0.05, 0) is 12.3 Å². The molecule has 0 aliphatic rings. The monoisotopic (exact) mass is 252 g/mol. The van der Waals surface area contributed by atoms with E-state index in [0.717, 1.165) is 6.42 Å². The number of aliphatic hydroxyl groups excluding tert-OH is 1. The molecular formula is C14H24N2O2. The van der Waals surface area contributed by atoms with E-state index in [0.29, 0.717) is 24.1 Å². The molecule has 0 saturated carbocycles. The maximum atomic E-state index is 9.24. The number of hydrogen-bond acceptors (Lipinski definition) is 4. The van der Waals surface area contributed by atoms with E-state index < -0.39 is 5.41 Å². The van der Waals surface area contributed by atoms with Crippen molar-refractivity contribution in [1.29, 1.82) is 0 Å². The highest BCUT2D eigenvalue weighted by Gasteiger charge is 2.22. The summed E-state index contributed by atoms with van der Waals surface area (Å²) < 4.78 is 5.59. The minimum absolute atomic E-state index is 0.0290. The van der Waals surface area contributed by atoms with Crippen LogP contribution in [0.15, 0.2) is 12.4 Å². The molecule has 0 fully saturated rings. The van der Waals surface area contributed by atoms with E-state index in [9.17, 15) is 5.11 Å². The topological polar surface area (TPSA) is 55.2 Å². The highest BCUT2D eigenvalue weighted by atomic mass is 16.5. The van der Waals surface area contributed by atoms with Crippen LogP contribution in [-0.4, -0.2) is 28.3 Å².